The van der Waals surface area contributed by atoms with Gasteiger partial charge in [0.15, 0.2) is 11.5 Å². The molecule has 0 saturated heterocycles. The molecular formula is C33H58ClN3O8S. The van der Waals surface area contributed by atoms with Crippen LogP contribution in [-0.4, -0.2) is 75.8 Å². The average Bonchev–Trinajstić information content (AvgIpc) is 2.96. The number of nitrogens with two attached hydrogens (primary N) is 2. The van der Waals surface area contributed by atoms with Gasteiger partial charge < -0.3 is 36.1 Å². The molecule has 0 heterocycles. The number of nitrogens with one attached hydrogen (secondary N) is 1. The number of halogens is 1. The zero-order chi connectivity index (χ0) is 34.3. The fourth-order valence-electron chi connectivity index (χ4n) is 4.73. The molecule has 1 rings (SSSR count). The van der Waals surface area contributed by atoms with Crippen LogP contribution < -0.4 is 26.3 Å². The molecule has 4 atom stereocenters. The SMILES string of the molecule is COCCCOc1cc(C[C@@H](C[C@H](N)[C@@H](O)C[C@H](C(=O)NCC(C)(C)C(N)=O)C(C)C)C(C)C)ccc1OCCC(C)=S(=O)=O.Cl. The summed E-state index contributed by atoms with van der Waals surface area (Å²) in [5.41, 5.74) is 12.1. The van der Waals surface area contributed by atoms with Gasteiger partial charge in [-0.3, -0.25) is 9.59 Å². The highest BCUT2D eigenvalue weighted by atomic mass is 35.5. The summed E-state index contributed by atoms with van der Waals surface area (Å²) >= 11 is 0. The molecule has 1 aromatic carbocycles. The summed E-state index contributed by atoms with van der Waals surface area (Å²) < 4.78 is 39.3. The van der Waals surface area contributed by atoms with Crippen LogP contribution in [0.15, 0.2) is 18.2 Å². The van der Waals surface area contributed by atoms with Gasteiger partial charge in [-0.25, -0.2) is 0 Å². The molecule has 46 heavy (non-hydrogen) atoms. The Bertz CT molecular complexity index is 1220. The standard InChI is InChI=1S/C33H57N3O8S.ClH/c1-21(2)25(18-27(34)28(37)19-26(22(3)4)31(38)36-20-33(6,7)32(35)39)16-24-10-11-29(44-15-12-23(5)45(40)41)30(17-24)43-14-9-13-42-8;/h10-11,17,21-22,25-28,37H,9,12-16,18-20,34H2,1-8H3,(H2,35,39)(H,36,38);1H/t25-,26-,27-,28-;/m0./s1. The molecule has 0 spiro atoms. The van der Waals surface area contributed by atoms with Crippen molar-refractivity contribution >= 4 is 39.4 Å². The summed E-state index contributed by atoms with van der Waals surface area (Å²) in [6.07, 6.45) is 1.51. The second kappa shape index (κ2) is 21.5. The van der Waals surface area contributed by atoms with Crippen molar-refractivity contribution in [2.24, 2.45) is 40.6 Å². The van der Waals surface area contributed by atoms with E-state index in [-0.39, 0.29) is 62.1 Å². The van der Waals surface area contributed by atoms with E-state index < -0.39 is 39.7 Å². The number of ether oxygens (including phenoxy) is 3. The van der Waals surface area contributed by atoms with E-state index in [1.807, 2.05) is 32.0 Å². The van der Waals surface area contributed by atoms with Gasteiger partial charge in [0.1, 0.15) is 0 Å². The zero-order valence-corrected chi connectivity index (χ0v) is 30.5. The van der Waals surface area contributed by atoms with Crippen LogP contribution in [0.1, 0.15) is 79.7 Å². The second-order valence-electron chi connectivity index (χ2n) is 13.2. The molecule has 13 heteroatoms. The molecule has 1 aromatic rings. The van der Waals surface area contributed by atoms with Crippen molar-refractivity contribution in [3.8, 4) is 11.5 Å². The van der Waals surface area contributed by atoms with Gasteiger partial charge >= 0.3 is 0 Å². The van der Waals surface area contributed by atoms with Crippen LogP contribution in [0.25, 0.3) is 0 Å². The van der Waals surface area contributed by atoms with Gasteiger partial charge in [0.2, 0.25) is 22.1 Å². The molecule has 0 unspecified atom stereocenters. The van der Waals surface area contributed by atoms with Crippen molar-refractivity contribution in [1.82, 2.24) is 5.32 Å². The number of hydrogen-bond acceptors (Lipinski definition) is 9. The van der Waals surface area contributed by atoms with Crippen LogP contribution in [0.5, 0.6) is 11.5 Å². The lowest BCUT2D eigenvalue weighted by atomic mass is 9.80. The van der Waals surface area contributed by atoms with E-state index in [2.05, 4.69) is 19.2 Å². The summed E-state index contributed by atoms with van der Waals surface area (Å²) in [5.74, 6) is 0.241. The molecule has 0 fully saturated rings. The average molecular weight is 692 g/mol. The Balaban J connectivity index is 0.0000202. The van der Waals surface area contributed by atoms with Crippen LogP contribution in [0, 0.1) is 29.1 Å². The minimum absolute atomic E-state index is 0. The second-order valence-corrected chi connectivity index (χ2v) is 14.4. The molecule has 11 nitrogen and oxygen atoms in total. The third-order valence-electron chi connectivity index (χ3n) is 8.27. The van der Waals surface area contributed by atoms with E-state index in [4.69, 9.17) is 25.7 Å². The highest BCUT2D eigenvalue weighted by Crippen LogP contribution is 2.32. The first-order chi connectivity index (χ1) is 21.0. The Labute approximate surface area is 283 Å². The van der Waals surface area contributed by atoms with Crippen molar-refractivity contribution in [2.45, 2.75) is 92.7 Å². The maximum atomic E-state index is 13.0. The lowest BCUT2D eigenvalue weighted by Gasteiger charge is -2.30. The number of carbonyl (C=O) groups excluding carboxylic acids is 2. The van der Waals surface area contributed by atoms with Crippen molar-refractivity contribution in [3.05, 3.63) is 23.8 Å². The number of rotatable bonds is 22. The number of primary amides is 1. The van der Waals surface area contributed by atoms with Crippen molar-refractivity contribution in [3.63, 3.8) is 0 Å². The van der Waals surface area contributed by atoms with Crippen LogP contribution >= 0.6 is 12.4 Å². The maximum Gasteiger partial charge on any atom is 0.224 e. The zero-order valence-electron chi connectivity index (χ0n) is 28.8. The van der Waals surface area contributed by atoms with Gasteiger partial charge in [-0.2, -0.15) is 8.42 Å². The van der Waals surface area contributed by atoms with Gasteiger partial charge in [-0.15, -0.1) is 12.4 Å². The van der Waals surface area contributed by atoms with E-state index in [1.165, 1.54) is 0 Å². The monoisotopic (exact) mass is 691 g/mol. The van der Waals surface area contributed by atoms with Crippen LogP contribution in [0.4, 0.5) is 0 Å². The predicted octanol–water partition coefficient (Wildman–Crippen LogP) is 3.55. The van der Waals surface area contributed by atoms with Crippen molar-refractivity contribution in [1.29, 1.82) is 0 Å². The number of carbonyl (C=O) groups is 2. The molecule has 0 aliphatic rings. The Morgan fingerprint density at radius 2 is 1.63 bits per heavy atom. The summed E-state index contributed by atoms with van der Waals surface area (Å²) in [4.78, 5) is 25.0. The fourth-order valence-corrected chi connectivity index (χ4v) is 4.98. The molecule has 6 N–H and O–H groups in total. The molecule has 266 valence electrons. The lowest BCUT2D eigenvalue weighted by Crippen LogP contribution is -2.46. The van der Waals surface area contributed by atoms with Gasteiger partial charge in [0.05, 0.1) is 24.7 Å². The Kier molecular flexibility index (Phi) is 20.4. The van der Waals surface area contributed by atoms with Crippen LogP contribution in [0.3, 0.4) is 0 Å². The molecule has 2 amide bonds. The minimum atomic E-state index is -2.24. The smallest absolute Gasteiger partial charge is 0.224 e. The van der Waals surface area contributed by atoms with E-state index in [0.717, 1.165) is 5.56 Å². The molecule has 0 aliphatic heterocycles. The molecule has 0 aromatic heterocycles. The number of benzene rings is 1. The normalized spacial score (nSPS) is 14.2. The summed E-state index contributed by atoms with van der Waals surface area (Å²) in [7, 11) is -0.609. The highest BCUT2D eigenvalue weighted by molar-refractivity contribution is 7.72. The minimum Gasteiger partial charge on any atom is -0.490 e. The number of hydrogen-bond donors (Lipinski definition) is 4. The third-order valence-corrected chi connectivity index (χ3v) is 9.05. The van der Waals surface area contributed by atoms with Gasteiger partial charge in [-0.05, 0) is 75.5 Å². The van der Waals surface area contributed by atoms with Gasteiger partial charge in [0.25, 0.3) is 0 Å². The Morgan fingerprint density at radius 3 is 2.17 bits per heavy atom. The molecule has 0 bridgehead atoms. The summed E-state index contributed by atoms with van der Waals surface area (Å²) in [6, 6.07) is 5.19. The Hall–Kier alpha value is -2.38. The first-order valence-corrected chi connectivity index (χ1v) is 16.9. The summed E-state index contributed by atoms with van der Waals surface area (Å²) in [5, 5.41) is 13.9. The Morgan fingerprint density at radius 1 is 1.00 bits per heavy atom. The first-order valence-electron chi connectivity index (χ1n) is 15.8. The van der Waals surface area contributed by atoms with E-state index >= 15 is 0 Å². The van der Waals surface area contributed by atoms with Crippen LogP contribution in [0.2, 0.25) is 0 Å². The molecular weight excluding hydrogens is 634 g/mol. The molecule has 0 aliphatic carbocycles. The quantitative estimate of drug-likeness (QED) is 0.104. The van der Waals surface area contributed by atoms with E-state index in [1.54, 1.807) is 27.9 Å². The van der Waals surface area contributed by atoms with E-state index in [9.17, 15) is 23.1 Å². The maximum absolute atomic E-state index is 13.0. The van der Waals surface area contributed by atoms with Gasteiger partial charge in [-0.1, -0.05) is 33.8 Å². The number of aliphatic hydroxyl groups excluding tert-OH is 1. The first kappa shape index (κ1) is 43.6. The largest absolute Gasteiger partial charge is 0.490 e. The van der Waals surface area contributed by atoms with Crippen LogP contribution in [-0.2, 0) is 31.0 Å². The molecule has 0 saturated carbocycles. The van der Waals surface area contributed by atoms with Gasteiger partial charge in [0, 0.05) is 49.9 Å². The predicted molar refractivity (Wildman–Crippen MR) is 185 cm³/mol. The number of methoxy groups -OCH3 is 1. The third kappa shape index (κ3) is 15.5. The number of aliphatic hydroxyl groups is 1. The topological polar surface area (TPSA) is 180 Å². The van der Waals surface area contributed by atoms with Crippen molar-refractivity contribution in [2.75, 3.05) is 33.5 Å². The summed E-state index contributed by atoms with van der Waals surface area (Å²) in [6.45, 7) is 14.3. The lowest BCUT2D eigenvalue weighted by molar-refractivity contribution is -0.130. The van der Waals surface area contributed by atoms with E-state index in [0.29, 0.717) is 48.8 Å². The number of amides is 2. The molecule has 0 radical (unpaired) electrons. The fraction of sp³-hybridized carbons (Fsp3) is 0.727. The van der Waals surface area contributed by atoms with Crippen molar-refractivity contribution < 1.29 is 37.3 Å². The highest BCUT2D eigenvalue weighted by Gasteiger charge is 2.32.